The van der Waals surface area contributed by atoms with E-state index in [1.165, 1.54) is 11.1 Å². The largest absolute Gasteiger partial charge is 0.486 e. The standard InChI is InChI=1S/C14H22N2O3/c1-10-5-13-14(19-4-3-18-13)6-11(10)8-16(2)9-12(17)7-15/h5-6,12,17H,3-4,7-9,15H2,1-2H3. The second-order valence-electron chi connectivity index (χ2n) is 5.01. The third kappa shape index (κ3) is 3.59. The summed E-state index contributed by atoms with van der Waals surface area (Å²) in [6.07, 6.45) is -0.484. The van der Waals surface area contributed by atoms with E-state index in [0.29, 0.717) is 19.8 Å². The minimum Gasteiger partial charge on any atom is -0.486 e. The molecule has 1 aromatic rings. The number of nitrogens with zero attached hydrogens (tertiary/aromatic N) is 1. The Morgan fingerprint density at radius 2 is 1.95 bits per heavy atom. The van der Waals surface area contributed by atoms with Crippen LogP contribution < -0.4 is 15.2 Å². The summed E-state index contributed by atoms with van der Waals surface area (Å²) in [5, 5.41) is 9.56. The van der Waals surface area contributed by atoms with Gasteiger partial charge >= 0.3 is 0 Å². The van der Waals surface area contributed by atoms with Gasteiger partial charge in [-0.2, -0.15) is 0 Å². The number of aryl methyl sites for hydroxylation is 1. The van der Waals surface area contributed by atoms with Crippen LogP contribution in [-0.4, -0.2) is 49.5 Å². The Kier molecular flexibility index (Phi) is 4.63. The van der Waals surface area contributed by atoms with E-state index in [1.54, 1.807) is 0 Å². The average molecular weight is 266 g/mol. The summed E-state index contributed by atoms with van der Waals surface area (Å²) in [6.45, 7) is 4.85. The van der Waals surface area contributed by atoms with Crippen LogP contribution in [0.25, 0.3) is 0 Å². The Balaban J connectivity index is 2.07. The summed E-state index contributed by atoms with van der Waals surface area (Å²) in [7, 11) is 1.97. The molecule has 0 amide bonds. The minimum absolute atomic E-state index is 0.282. The zero-order valence-electron chi connectivity index (χ0n) is 11.6. The molecule has 0 bridgehead atoms. The molecule has 0 spiro atoms. The molecule has 1 heterocycles. The Morgan fingerprint density at radius 3 is 2.58 bits per heavy atom. The molecule has 0 fully saturated rings. The van der Waals surface area contributed by atoms with Crippen LogP contribution in [0.15, 0.2) is 12.1 Å². The molecule has 0 saturated carbocycles. The van der Waals surface area contributed by atoms with Gasteiger partial charge in [0.25, 0.3) is 0 Å². The number of nitrogens with two attached hydrogens (primary N) is 1. The topological polar surface area (TPSA) is 68.0 Å². The predicted molar refractivity (Wildman–Crippen MR) is 73.6 cm³/mol. The number of fused-ring (bicyclic) bond motifs is 1. The van der Waals surface area contributed by atoms with Gasteiger partial charge in [0.15, 0.2) is 11.5 Å². The third-order valence-corrected chi connectivity index (χ3v) is 3.24. The molecule has 5 heteroatoms. The third-order valence-electron chi connectivity index (χ3n) is 3.24. The van der Waals surface area contributed by atoms with E-state index >= 15 is 0 Å². The number of aliphatic hydroxyl groups is 1. The van der Waals surface area contributed by atoms with Crippen LogP contribution >= 0.6 is 0 Å². The zero-order chi connectivity index (χ0) is 13.8. The predicted octanol–water partition coefficient (Wildman–Crippen LogP) is 0.518. The number of aliphatic hydroxyl groups excluding tert-OH is 1. The van der Waals surface area contributed by atoms with Crippen LogP contribution in [0, 0.1) is 6.92 Å². The molecule has 19 heavy (non-hydrogen) atoms. The second kappa shape index (κ2) is 6.23. The van der Waals surface area contributed by atoms with E-state index in [4.69, 9.17) is 15.2 Å². The fourth-order valence-corrected chi connectivity index (χ4v) is 2.19. The van der Waals surface area contributed by atoms with Crippen molar-refractivity contribution < 1.29 is 14.6 Å². The lowest BCUT2D eigenvalue weighted by Crippen LogP contribution is -2.33. The SMILES string of the molecule is Cc1cc2c(cc1CN(C)CC(O)CN)OCCO2. The summed E-state index contributed by atoms with van der Waals surface area (Å²) in [5.74, 6) is 1.62. The first-order valence-electron chi connectivity index (χ1n) is 6.56. The maximum atomic E-state index is 9.56. The van der Waals surface area contributed by atoms with E-state index in [-0.39, 0.29) is 6.54 Å². The van der Waals surface area contributed by atoms with Crippen molar-refractivity contribution in [3.8, 4) is 11.5 Å². The second-order valence-corrected chi connectivity index (χ2v) is 5.01. The number of hydrogen-bond acceptors (Lipinski definition) is 5. The number of hydrogen-bond donors (Lipinski definition) is 2. The van der Waals surface area contributed by atoms with Gasteiger partial charge in [0.1, 0.15) is 13.2 Å². The summed E-state index contributed by atoms with van der Waals surface area (Å²) >= 11 is 0. The van der Waals surface area contributed by atoms with Crippen LogP contribution in [0.1, 0.15) is 11.1 Å². The molecule has 3 N–H and O–H groups in total. The van der Waals surface area contributed by atoms with Gasteiger partial charge in [-0.3, -0.25) is 4.90 Å². The highest BCUT2D eigenvalue weighted by Gasteiger charge is 2.15. The summed E-state index contributed by atoms with van der Waals surface area (Å²) in [6, 6.07) is 4.03. The van der Waals surface area contributed by atoms with E-state index in [2.05, 4.69) is 11.8 Å². The van der Waals surface area contributed by atoms with E-state index in [0.717, 1.165) is 18.0 Å². The smallest absolute Gasteiger partial charge is 0.161 e. The molecule has 106 valence electrons. The van der Waals surface area contributed by atoms with Crippen molar-refractivity contribution in [2.45, 2.75) is 19.6 Å². The van der Waals surface area contributed by atoms with Crippen molar-refractivity contribution in [1.29, 1.82) is 0 Å². The molecule has 5 nitrogen and oxygen atoms in total. The maximum absolute atomic E-state index is 9.56. The molecule has 0 aliphatic carbocycles. The Labute approximate surface area is 113 Å². The fourth-order valence-electron chi connectivity index (χ4n) is 2.19. The Bertz CT molecular complexity index is 437. The van der Waals surface area contributed by atoms with Crippen molar-refractivity contribution in [2.24, 2.45) is 5.73 Å². The van der Waals surface area contributed by atoms with Crippen LogP contribution in [0.2, 0.25) is 0 Å². The van der Waals surface area contributed by atoms with Crippen molar-refractivity contribution in [2.75, 3.05) is 33.4 Å². The number of likely N-dealkylation sites (N-methyl/N-ethyl adjacent to an activating group) is 1. The highest BCUT2D eigenvalue weighted by Crippen LogP contribution is 2.33. The van der Waals surface area contributed by atoms with Crippen LogP contribution in [0.4, 0.5) is 0 Å². The van der Waals surface area contributed by atoms with Crippen molar-refractivity contribution >= 4 is 0 Å². The van der Waals surface area contributed by atoms with Gasteiger partial charge in [0.05, 0.1) is 6.10 Å². The van der Waals surface area contributed by atoms with Crippen LogP contribution in [0.3, 0.4) is 0 Å². The van der Waals surface area contributed by atoms with Gasteiger partial charge in [-0.15, -0.1) is 0 Å². The lowest BCUT2D eigenvalue weighted by Gasteiger charge is -2.23. The first-order chi connectivity index (χ1) is 9.10. The Hall–Kier alpha value is -1.30. The van der Waals surface area contributed by atoms with E-state index in [9.17, 15) is 5.11 Å². The minimum atomic E-state index is -0.484. The van der Waals surface area contributed by atoms with Gasteiger partial charge in [-0.25, -0.2) is 0 Å². The monoisotopic (exact) mass is 266 g/mol. The first-order valence-corrected chi connectivity index (χ1v) is 6.56. The van der Waals surface area contributed by atoms with Crippen molar-refractivity contribution in [1.82, 2.24) is 4.90 Å². The van der Waals surface area contributed by atoms with E-state index < -0.39 is 6.10 Å². The highest BCUT2D eigenvalue weighted by atomic mass is 16.6. The molecular formula is C14H22N2O3. The first kappa shape index (κ1) is 14.1. The summed E-state index contributed by atoms with van der Waals surface area (Å²) < 4.78 is 11.1. The highest BCUT2D eigenvalue weighted by molar-refractivity contribution is 5.47. The van der Waals surface area contributed by atoms with Gasteiger partial charge in [0, 0.05) is 19.6 Å². The molecule has 0 saturated heterocycles. The molecule has 1 aromatic carbocycles. The number of benzene rings is 1. The lowest BCUT2D eigenvalue weighted by atomic mass is 10.1. The maximum Gasteiger partial charge on any atom is 0.161 e. The molecule has 1 aliphatic heterocycles. The van der Waals surface area contributed by atoms with Gasteiger partial charge < -0.3 is 20.3 Å². The number of ether oxygens (including phenoxy) is 2. The molecule has 1 atom stereocenters. The number of rotatable bonds is 5. The normalized spacial score (nSPS) is 15.6. The van der Waals surface area contributed by atoms with E-state index in [1.807, 2.05) is 19.2 Å². The van der Waals surface area contributed by atoms with Gasteiger partial charge in [0.2, 0.25) is 0 Å². The van der Waals surface area contributed by atoms with Crippen molar-refractivity contribution in [3.63, 3.8) is 0 Å². The van der Waals surface area contributed by atoms with Crippen LogP contribution in [0.5, 0.6) is 11.5 Å². The molecule has 1 unspecified atom stereocenters. The summed E-state index contributed by atoms with van der Waals surface area (Å²) in [5.41, 5.74) is 7.76. The fraction of sp³-hybridized carbons (Fsp3) is 0.571. The average Bonchev–Trinajstić information content (AvgIpc) is 2.39. The quantitative estimate of drug-likeness (QED) is 0.813. The molecule has 2 rings (SSSR count). The van der Waals surface area contributed by atoms with Crippen molar-refractivity contribution in [3.05, 3.63) is 23.3 Å². The lowest BCUT2D eigenvalue weighted by molar-refractivity contribution is 0.129. The van der Waals surface area contributed by atoms with Gasteiger partial charge in [-0.1, -0.05) is 0 Å². The Morgan fingerprint density at radius 1 is 1.32 bits per heavy atom. The van der Waals surface area contributed by atoms with Crippen LogP contribution in [-0.2, 0) is 6.54 Å². The molecule has 0 radical (unpaired) electrons. The van der Waals surface area contributed by atoms with Gasteiger partial charge in [-0.05, 0) is 37.2 Å². The molecule has 1 aliphatic rings. The molecule has 0 aromatic heterocycles. The zero-order valence-corrected chi connectivity index (χ0v) is 11.6. The molecular weight excluding hydrogens is 244 g/mol. The summed E-state index contributed by atoms with van der Waals surface area (Å²) in [4.78, 5) is 2.05.